The van der Waals surface area contributed by atoms with E-state index in [1.165, 1.54) is 42.6 Å². The zero-order valence-electron chi connectivity index (χ0n) is 18.0. The van der Waals surface area contributed by atoms with Crippen molar-refractivity contribution in [3.05, 3.63) is 66.1 Å². The van der Waals surface area contributed by atoms with Gasteiger partial charge in [0.25, 0.3) is 0 Å². The maximum absolute atomic E-state index is 13.2. The number of aromatic nitrogens is 4. The van der Waals surface area contributed by atoms with E-state index in [0.717, 1.165) is 12.1 Å². The molecule has 188 valence electrons. The number of alkyl halides is 6. The van der Waals surface area contributed by atoms with Gasteiger partial charge in [0, 0.05) is 12.1 Å². The van der Waals surface area contributed by atoms with Gasteiger partial charge in [-0.1, -0.05) is 12.1 Å². The molecule has 0 atom stereocenters. The summed E-state index contributed by atoms with van der Waals surface area (Å²) in [6, 6.07) is 10.3. The Morgan fingerprint density at radius 3 is 2.14 bits per heavy atom. The summed E-state index contributed by atoms with van der Waals surface area (Å²) in [5.74, 6) is -1.21. The fourth-order valence-corrected chi connectivity index (χ4v) is 3.04. The lowest BCUT2D eigenvalue weighted by Gasteiger charge is -2.13. The Labute approximate surface area is 198 Å². The summed E-state index contributed by atoms with van der Waals surface area (Å²) >= 11 is 0. The molecule has 4 aromatic rings. The second-order valence-electron chi connectivity index (χ2n) is 7.34. The lowest BCUT2D eigenvalue weighted by molar-refractivity contribution is -0.274. The zero-order chi connectivity index (χ0) is 25.9. The molecular formula is C22H15F7N6O. The summed E-state index contributed by atoms with van der Waals surface area (Å²) in [7, 11) is 0. The molecule has 0 aliphatic carbocycles. The van der Waals surface area contributed by atoms with Gasteiger partial charge in [-0.15, -0.1) is 13.2 Å². The molecule has 0 saturated heterocycles. The van der Waals surface area contributed by atoms with Crippen molar-refractivity contribution in [3.63, 3.8) is 0 Å². The third-order valence-electron chi connectivity index (χ3n) is 4.61. The molecule has 0 spiro atoms. The Balaban J connectivity index is 1.60. The van der Waals surface area contributed by atoms with Crippen LogP contribution in [0.25, 0.3) is 22.4 Å². The Bertz CT molecular complexity index is 1340. The van der Waals surface area contributed by atoms with E-state index < -0.39 is 30.7 Å². The molecule has 0 bridgehead atoms. The van der Waals surface area contributed by atoms with Crippen LogP contribution in [0.2, 0.25) is 0 Å². The van der Waals surface area contributed by atoms with E-state index in [1.54, 1.807) is 0 Å². The zero-order valence-corrected chi connectivity index (χ0v) is 18.0. The fraction of sp³-hybridized carbons (Fsp3) is 0.182. The number of ether oxygens (including phenoxy) is 1. The summed E-state index contributed by atoms with van der Waals surface area (Å²) in [4.78, 5) is 16.7. The van der Waals surface area contributed by atoms with E-state index in [0.29, 0.717) is 11.1 Å². The maximum atomic E-state index is 13.2. The van der Waals surface area contributed by atoms with E-state index in [2.05, 4.69) is 35.3 Å². The van der Waals surface area contributed by atoms with Crippen LogP contribution < -0.4 is 15.4 Å². The lowest BCUT2D eigenvalue weighted by Crippen LogP contribution is -2.22. The van der Waals surface area contributed by atoms with Gasteiger partial charge in [-0.2, -0.15) is 23.1 Å². The summed E-state index contributed by atoms with van der Waals surface area (Å²) in [5.41, 5.74) is 1.21. The van der Waals surface area contributed by atoms with Gasteiger partial charge in [0.1, 0.15) is 18.1 Å². The quantitative estimate of drug-likeness (QED) is 0.307. The van der Waals surface area contributed by atoms with Crippen LogP contribution in [0, 0.1) is 5.82 Å². The molecule has 36 heavy (non-hydrogen) atoms. The van der Waals surface area contributed by atoms with Crippen LogP contribution in [0.15, 0.2) is 54.7 Å². The van der Waals surface area contributed by atoms with Gasteiger partial charge in [0.05, 0.1) is 11.9 Å². The second kappa shape index (κ2) is 9.79. The Morgan fingerprint density at radius 1 is 0.806 bits per heavy atom. The van der Waals surface area contributed by atoms with Gasteiger partial charge in [-0.25, -0.2) is 14.4 Å². The van der Waals surface area contributed by atoms with Crippen LogP contribution in [-0.2, 0) is 6.54 Å². The van der Waals surface area contributed by atoms with E-state index in [-0.39, 0.29) is 35.2 Å². The third-order valence-corrected chi connectivity index (χ3v) is 4.61. The van der Waals surface area contributed by atoms with E-state index in [9.17, 15) is 30.7 Å². The summed E-state index contributed by atoms with van der Waals surface area (Å²) in [6.45, 7) is -1.36. The number of nitrogens with one attached hydrogen (secondary N) is 2. The molecule has 0 aliphatic heterocycles. The van der Waals surface area contributed by atoms with E-state index >= 15 is 0 Å². The number of hydrogen-bond donors (Lipinski definition) is 2. The lowest BCUT2D eigenvalue weighted by atomic mass is 10.1. The Kier molecular flexibility index (Phi) is 6.77. The minimum Gasteiger partial charge on any atom is -0.406 e. The molecule has 0 unspecified atom stereocenters. The largest absolute Gasteiger partial charge is 0.573 e. The van der Waals surface area contributed by atoms with Crippen LogP contribution in [0.5, 0.6) is 5.75 Å². The third kappa shape index (κ3) is 6.67. The fourth-order valence-electron chi connectivity index (χ4n) is 3.04. The first-order valence-corrected chi connectivity index (χ1v) is 10.2. The summed E-state index contributed by atoms with van der Waals surface area (Å²) in [6.07, 6.45) is -8.04. The average molecular weight is 512 g/mol. The number of halogens is 7. The molecule has 7 nitrogen and oxygen atoms in total. The minimum atomic E-state index is -4.82. The number of benzene rings is 2. The van der Waals surface area contributed by atoms with Gasteiger partial charge < -0.3 is 15.4 Å². The summed E-state index contributed by atoms with van der Waals surface area (Å²) < 4.78 is 92.5. The second-order valence-corrected chi connectivity index (χ2v) is 7.34. The minimum absolute atomic E-state index is 0.0167. The number of rotatable bonds is 7. The normalized spacial score (nSPS) is 12.0. The highest BCUT2D eigenvalue weighted by molar-refractivity contribution is 5.85. The molecule has 4 rings (SSSR count). The van der Waals surface area contributed by atoms with Crippen LogP contribution in [0.3, 0.4) is 0 Å². The highest BCUT2D eigenvalue weighted by atomic mass is 19.4. The number of anilines is 2. The molecule has 0 amide bonds. The van der Waals surface area contributed by atoms with Gasteiger partial charge in [-0.3, -0.25) is 0 Å². The summed E-state index contributed by atoms with van der Waals surface area (Å²) in [5, 5.41) is 4.98. The van der Waals surface area contributed by atoms with Crippen molar-refractivity contribution in [1.82, 2.24) is 19.9 Å². The first-order valence-electron chi connectivity index (χ1n) is 10.2. The molecule has 2 N–H and O–H groups in total. The Hall–Kier alpha value is -4.23. The predicted molar refractivity (Wildman–Crippen MR) is 116 cm³/mol. The molecule has 0 fully saturated rings. The monoisotopic (exact) mass is 512 g/mol. The SMILES string of the molecule is Fc1ccc(-c2cnc3nc(NCc4ccc(OC(F)(F)F)cc4)nc(NCC(F)(F)F)c3n2)cc1. The highest BCUT2D eigenvalue weighted by Crippen LogP contribution is 2.26. The first kappa shape index (κ1) is 24.9. The average Bonchev–Trinajstić information content (AvgIpc) is 2.81. The molecule has 0 saturated carbocycles. The van der Waals surface area contributed by atoms with Crippen LogP contribution in [0.1, 0.15) is 5.56 Å². The molecule has 0 aliphatic rings. The molecule has 2 aromatic carbocycles. The van der Waals surface area contributed by atoms with Crippen molar-refractivity contribution in [3.8, 4) is 17.0 Å². The van der Waals surface area contributed by atoms with Gasteiger partial charge >= 0.3 is 12.5 Å². The van der Waals surface area contributed by atoms with Crippen molar-refractivity contribution >= 4 is 22.9 Å². The topological polar surface area (TPSA) is 84.9 Å². The van der Waals surface area contributed by atoms with Crippen LogP contribution >= 0.6 is 0 Å². The van der Waals surface area contributed by atoms with Crippen molar-refractivity contribution in [2.75, 3.05) is 17.2 Å². The first-order chi connectivity index (χ1) is 16.9. The van der Waals surface area contributed by atoms with E-state index in [1.807, 2.05) is 0 Å². The molecule has 2 aromatic heterocycles. The van der Waals surface area contributed by atoms with Gasteiger partial charge in [0.2, 0.25) is 5.95 Å². The van der Waals surface area contributed by atoms with Crippen molar-refractivity contribution in [1.29, 1.82) is 0 Å². The van der Waals surface area contributed by atoms with Gasteiger partial charge in [-0.05, 0) is 42.0 Å². The van der Waals surface area contributed by atoms with Crippen LogP contribution in [-0.4, -0.2) is 39.0 Å². The predicted octanol–water partition coefficient (Wildman–Crippen LogP) is 5.71. The van der Waals surface area contributed by atoms with E-state index in [4.69, 9.17) is 0 Å². The highest BCUT2D eigenvalue weighted by Gasteiger charge is 2.31. The van der Waals surface area contributed by atoms with Crippen molar-refractivity contribution in [2.45, 2.75) is 19.1 Å². The Morgan fingerprint density at radius 2 is 1.50 bits per heavy atom. The van der Waals surface area contributed by atoms with Crippen LogP contribution in [0.4, 0.5) is 42.5 Å². The smallest absolute Gasteiger partial charge is 0.406 e. The number of nitrogens with zero attached hydrogens (tertiary/aromatic N) is 4. The standard InChI is InChI=1S/C22H15F7N6O/c23-14-5-3-13(4-6-14)16-10-30-18-17(33-16)19(32-11-21(24,25)26)35-20(34-18)31-9-12-1-7-15(8-2-12)36-22(27,28)29/h1-8,10H,9,11H2,(H2,30,31,32,34,35). The van der Waals surface area contributed by atoms with Crippen molar-refractivity contribution < 1.29 is 35.5 Å². The molecule has 14 heteroatoms. The maximum Gasteiger partial charge on any atom is 0.573 e. The number of hydrogen-bond acceptors (Lipinski definition) is 7. The molecule has 2 heterocycles. The molecule has 0 radical (unpaired) electrons. The van der Waals surface area contributed by atoms with Gasteiger partial charge in [0.15, 0.2) is 17.0 Å². The van der Waals surface area contributed by atoms with Crippen molar-refractivity contribution in [2.24, 2.45) is 0 Å². The molecular weight excluding hydrogens is 497 g/mol. The number of fused-ring (bicyclic) bond motifs is 1.